The normalized spacial score (nSPS) is 19.3. The van der Waals surface area contributed by atoms with Crippen molar-refractivity contribution in [3.63, 3.8) is 0 Å². The van der Waals surface area contributed by atoms with Gasteiger partial charge in [0.15, 0.2) is 0 Å². The SMILES string of the molecule is O=C1NCCN1c1cccc(C(=O)N2CCCC[C@H]2CCc2ccc(O)cc2)c1. The first kappa shape index (κ1) is 19.3. The van der Waals surface area contributed by atoms with Crippen molar-refractivity contribution in [2.24, 2.45) is 0 Å². The highest BCUT2D eigenvalue weighted by Crippen LogP contribution is 2.26. The number of amides is 3. The van der Waals surface area contributed by atoms with Crippen LogP contribution in [0.15, 0.2) is 48.5 Å². The molecule has 2 aromatic carbocycles. The molecule has 1 atom stereocenters. The number of hydrogen-bond donors (Lipinski definition) is 2. The summed E-state index contributed by atoms with van der Waals surface area (Å²) in [5.41, 5.74) is 2.57. The van der Waals surface area contributed by atoms with Crippen molar-refractivity contribution in [3.8, 4) is 5.75 Å². The van der Waals surface area contributed by atoms with Gasteiger partial charge in [0.2, 0.25) is 0 Å². The lowest BCUT2D eigenvalue weighted by molar-refractivity contribution is 0.0602. The number of nitrogens with one attached hydrogen (secondary N) is 1. The van der Waals surface area contributed by atoms with Gasteiger partial charge in [0, 0.05) is 36.9 Å². The number of anilines is 1. The number of aryl methyl sites for hydroxylation is 1. The van der Waals surface area contributed by atoms with E-state index < -0.39 is 0 Å². The molecule has 2 N–H and O–H groups in total. The molecule has 0 saturated carbocycles. The monoisotopic (exact) mass is 393 g/mol. The molecule has 29 heavy (non-hydrogen) atoms. The zero-order valence-electron chi connectivity index (χ0n) is 16.5. The zero-order valence-corrected chi connectivity index (χ0v) is 16.5. The fraction of sp³-hybridized carbons (Fsp3) is 0.391. The van der Waals surface area contributed by atoms with Crippen LogP contribution in [0.1, 0.15) is 41.6 Å². The van der Waals surface area contributed by atoms with Crippen LogP contribution >= 0.6 is 0 Å². The smallest absolute Gasteiger partial charge is 0.321 e. The molecule has 0 aromatic heterocycles. The van der Waals surface area contributed by atoms with E-state index in [1.165, 1.54) is 5.56 Å². The molecule has 0 radical (unpaired) electrons. The van der Waals surface area contributed by atoms with E-state index in [1.807, 2.05) is 41.3 Å². The Balaban J connectivity index is 1.47. The topological polar surface area (TPSA) is 72.9 Å². The molecule has 0 aliphatic carbocycles. The van der Waals surface area contributed by atoms with Crippen molar-refractivity contribution in [1.29, 1.82) is 0 Å². The average Bonchev–Trinajstić information content (AvgIpc) is 3.19. The molecule has 6 heteroatoms. The predicted molar refractivity (Wildman–Crippen MR) is 112 cm³/mol. The number of hydrogen-bond acceptors (Lipinski definition) is 3. The molecule has 3 amide bonds. The highest BCUT2D eigenvalue weighted by molar-refractivity contribution is 5.98. The quantitative estimate of drug-likeness (QED) is 0.816. The van der Waals surface area contributed by atoms with Gasteiger partial charge in [-0.15, -0.1) is 0 Å². The standard InChI is InChI=1S/C23H27N3O3/c27-21-11-8-17(9-12-21)7-10-19-5-1-2-14-25(19)22(28)18-4-3-6-20(16-18)26-15-13-24-23(26)29/h3-4,6,8-9,11-12,16,19,27H,1-2,5,7,10,13-15H2,(H,24,29)/t19-/m0/s1. The van der Waals surface area contributed by atoms with Gasteiger partial charge in [0.25, 0.3) is 5.91 Å². The molecule has 4 rings (SSSR count). The molecular formula is C23H27N3O3. The lowest BCUT2D eigenvalue weighted by Gasteiger charge is -2.36. The van der Waals surface area contributed by atoms with Gasteiger partial charge in [-0.05, 0) is 68.0 Å². The molecule has 2 saturated heterocycles. The Hall–Kier alpha value is -3.02. The Labute approximate surface area is 171 Å². The van der Waals surface area contributed by atoms with Gasteiger partial charge in [-0.1, -0.05) is 18.2 Å². The third-order valence-electron chi connectivity index (χ3n) is 5.85. The Morgan fingerprint density at radius 3 is 2.69 bits per heavy atom. The summed E-state index contributed by atoms with van der Waals surface area (Å²) in [6.45, 7) is 2.02. The number of carbonyl (C=O) groups is 2. The Morgan fingerprint density at radius 1 is 1.10 bits per heavy atom. The molecule has 2 heterocycles. The molecule has 152 valence electrons. The van der Waals surface area contributed by atoms with Crippen molar-refractivity contribution in [2.75, 3.05) is 24.5 Å². The minimum atomic E-state index is -0.112. The van der Waals surface area contributed by atoms with Crippen molar-refractivity contribution < 1.29 is 14.7 Å². The first-order valence-corrected chi connectivity index (χ1v) is 10.4. The average molecular weight is 393 g/mol. The number of piperidine rings is 1. The summed E-state index contributed by atoms with van der Waals surface area (Å²) in [6, 6.07) is 14.8. The molecular weight excluding hydrogens is 366 g/mol. The van der Waals surface area contributed by atoms with Gasteiger partial charge in [-0.3, -0.25) is 9.69 Å². The maximum atomic E-state index is 13.3. The fourth-order valence-corrected chi connectivity index (χ4v) is 4.25. The number of aromatic hydroxyl groups is 1. The summed E-state index contributed by atoms with van der Waals surface area (Å²) in [7, 11) is 0. The molecule has 2 aliphatic heterocycles. The van der Waals surface area contributed by atoms with E-state index in [-0.39, 0.29) is 23.7 Å². The van der Waals surface area contributed by atoms with E-state index in [1.54, 1.807) is 17.0 Å². The van der Waals surface area contributed by atoms with Gasteiger partial charge in [0.05, 0.1) is 0 Å². The van der Waals surface area contributed by atoms with Crippen LogP contribution in [0.4, 0.5) is 10.5 Å². The number of carbonyl (C=O) groups excluding carboxylic acids is 2. The molecule has 2 aliphatic rings. The first-order valence-electron chi connectivity index (χ1n) is 10.4. The van der Waals surface area contributed by atoms with Crippen molar-refractivity contribution in [3.05, 3.63) is 59.7 Å². The van der Waals surface area contributed by atoms with Gasteiger partial charge < -0.3 is 15.3 Å². The van der Waals surface area contributed by atoms with Crippen LogP contribution in [-0.2, 0) is 6.42 Å². The van der Waals surface area contributed by atoms with Crippen LogP contribution < -0.4 is 10.2 Å². The Bertz CT molecular complexity index is 881. The fourth-order valence-electron chi connectivity index (χ4n) is 4.25. The van der Waals surface area contributed by atoms with Gasteiger partial charge in [-0.2, -0.15) is 0 Å². The van der Waals surface area contributed by atoms with Crippen molar-refractivity contribution in [1.82, 2.24) is 10.2 Å². The third-order valence-corrected chi connectivity index (χ3v) is 5.85. The molecule has 2 fully saturated rings. The van der Waals surface area contributed by atoms with Gasteiger partial charge in [0.1, 0.15) is 5.75 Å². The van der Waals surface area contributed by atoms with Gasteiger partial charge >= 0.3 is 6.03 Å². The Kier molecular flexibility index (Phi) is 5.69. The number of phenolic OH excluding ortho intramolecular Hbond substituents is 1. The summed E-state index contributed by atoms with van der Waals surface area (Å²) >= 11 is 0. The first-order chi connectivity index (χ1) is 14.1. The third kappa shape index (κ3) is 4.36. The number of nitrogens with zero attached hydrogens (tertiary/aromatic N) is 2. The lowest BCUT2D eigenvalue weighted by atomic mass is 9.95. The summed E-state index contributed by atoms with van der Waals surface area (Å²) in [5.74, 6) is 0.316. The summed E-state index contributed by atoms with van der Waals surface area (Å²) in [4.78, 5) is 28.9. The number of benzene rings is 2. The second kappa shape index (κ2) is 8.55. The number of rotatable bonds is 5. The van der Waals surface area contributed by atoms with Crippen LogP contribution in [0.3, 0.4) is 0 Å². The summed E-state index contributed by atoms with van der Waals surface area (Å²) in [6.07, 6.45) is 4.96. The number of urea groups is 1. The van der Waals surface area contributed by atoms with Crippen LogP contribution in [0.25, 0.3) is 0 Å². The highest BCUT2D eigenvalue weighted by atomic mass is 16.3. The Morgan fingerprint density at radius 2 is 1.93 bits per heavy atom. The second-order valence-corrected chi connectivity index (χ2v) is 7.79. The van der Waals surface area contributed by atoms with E-state index in [0.717, 1.165) is 44.3 Å². The van der Waals surface area contributed by atoms with Crippen LogP contribution in [0, 0.1) is 0 Å². The van der Waals surface area contributed by atoms with Crippen molar-refractivity contribution in [2.45, 2.75) is 38.1 Å². The molecule has 2 aromatic rings. The maximum absolute atomic E-state index is 13.3. The lowest BCUT2D eigenvalue weighted by Crippen LogP contribution is -2.44. The van der Waals surface area contributed by atoms with Crippen LogP contribution in [0.2, 0.25) is 0 Å². The van der Waals surface area contributed by atoms with E-state index >= 15 is 0 Å². The minimum absolute atomic E-state index is 0.0434. The van der Waals surface area contributed by atoms with E-state index in [9.17, 15) is 14.7 Å². The predicted octanol–water partition coefficient (Wildman–Crippen LogP) is 3.55. The highest BCUT2D eigenvalue weighted by Gasteiger charge is 2.28. The minimum Gasteiger partial charge on any atom is -0.508 e. The summed E-state index contributed by atoms with van der Waals surface area (Å²) in [5, 5.41) is 12.2. The molecule has 6 nitrogen and oxygen atoms in total. The van der Waals surface area contributed by atoms with Gasteiger partial charge in [-0.25, -0.2) is 4.79 Å². The van der Waals surface area contributed by atoms with Crippen LogP contribution in [0.5, 0.6) is 5.75 Å². The molecule has 0 unspecified atom stereocenters. The maximum Gasteiger partial charge on any atom is 0.321 e. The second-order valence-electron chi connectivity index (χ2n) is 7.79. The van der Waals surface area contributed by atoms with E-state index in [0.29, 0.717) is 18.7 Å². The number of likely N-dealkylation sites (tertiary alicyclic amines) is 1. The largest absolute Gasteiger partial charge is 0.508 e. The zero-order chi connectivity index (χ0) is 20.2. The number of phenols is 1. The molecule has 0 spiro atoms. The summed E-state index contributed by atoms with van der Waals surface area (Å²) < 4.78 is 0. The van der Waals surface area contributed by atoms with E-state index in [4.69, 9.17) is 0 Å². The van der Waals surface area contributed by atoms with Crippen molar-refractivity contribution >= 4 is 17.6 Å². The van der Waals surface area contributed by atoms with E-state index in [2.05, 4.69) is 5.32 Å². The van der Waals surface area contributed by atoms with Crippen LogP contribution in [-0.4, -0.2) is 47.6 Å². The molecule has 0 bridgehead atoms.